The van der Waals surface area contributed by atoms with E-state index < -0.39 is 0 Å². The van der Waals surface area contributed by atoms with Crippen LogP contribution in [0.1, 0.15) is 16.1 Å². The van der Waals surface area contributed by atoms with Gasteiger partial charge in [0.25, 0.3) is 5.91 Å². The minimum absolute atomic E-state index is 0.0201. The molecule has 18 heavy (non-hydrogen) atoms. The maximum atomic E-state index is 11.8. The first-order valence-corrected chi connectivity index (χ1v) is 5.42. The van der Waals surface area contributed by atoms with Crippen molar-refractivity contribution in [1.82, 2.24) is 4.98 Å². The van der Waals surface area contributed by atoms with Gasteiger partial charge in [0.2, 0.25) is 0 Å². The fourth-order valence-corrected chi connectivity index (χ4v) is 1.43. The average molecular weight is 243 g/mol. The Morgan fingerprint density at radius 1 is 1.22 bits per heavy atom. The highest BCUT2D eigenvalue weighted by atomic mass is 16.3. The molecule has 0 aliphatic rings. The zero-order valence-corrected chi connectivity index (χ0v) is 9.63. The number of hydrogen-bond acceptors (Lipinski definition) is 4. The third kappa shape index (κ3) is 2.83. The number of carbonyl (C=O) groups excluding carboxylic acids is 1. The molecule has 0 unspecified atom stereocenters. The van der Waals surface area contributed by atoms with Crippen molar-refractivity contribution in [3.63, 3.8) is 0 Å². The number of anilines is 2. The van der Waals surface area contributed by atoms with Crippen molar-refractivity contribution in [1.29, 1.82) is 0 Å². The predicted molar refractivity (Wildman–Crippen MR) is 69.0 cm³/mol. The zero-order chi connectivity index (χ0) is 13.0. The molecule has 1 heterocycles. The van der Waals surface area contributed by atoms with Crippen LogP contribution in [0.15, 0.2) is 42.6 Å². The summed E-state index contributed by atoms with van der Waals surface area (Å²) in [5.74, 6) is -0.299. The van der Waals surface area contributed by atoms with E-state index in [1.54, 1.807) is 36.4 Å². The van der Waals surface area contributed by atoms with E-state index in [4.69, 9.17) is 10.8 Å². The van der Waals surface area contributed by atoms with Gasteiger partial charge in [-0.05, 0) is 29.8 Å². The molecule has 0 radical (unpaired) electrons. The van der Waals surface area contributed by atoms with Crippen molar-refractivity contribution >= 4 is 17.3 Å². The zero-order valence-electron chi connectivity index (χ0n) is 9.63. The predicted octanol–water partition coefficient (Wildman–Crippen LogP) is 1.41. The van der Waals surface area contributed by atoms with Gasteiger partial charge in [0.15, 0.2) is 0 Å². The highest BCUT2D eigenvalue weighted by Crippen LogP contribution is 2.11. The van der Waals surface area contributed by atoms with Gasteiger partial charge in [-0.15, -0.1) is 0 Å². The smallest absolute Gasteiger partial charge is 0.274 e. The lowest BCUT2D eigenvalue weighted by Crippen LogP contribution is -2.13. The van der Waals surface area contributed by atoms with Gasteiger partial charge in [0.1, 0.15) is 5.69 Å². The second-order valence-corrected chi connectivity index (χ2v) is 3.79. The Labute approximate surface area is 104 Å². The standard InChI is InChI=1S/C13H13N3O2/c14-10-3-6-12(15-7-10)13(18)16-11-4-1-9(8-17)2-5-11/h1-7,17H,8,14H2,(H,16,18). The number of nitrogen functional groups attached to an aromatic ring is 1. The number of nitrogens with two attached hydrogens (primary N) is 1. The van der Waals surface area contributed by atoms with Crippen LogP contribution in [0.4, 0.5) is 11.4 Å². The number of nitrogens with zero attached hydrogens (tertiary/aromatic N) is 1. The quantitative estimate of drug-likeness (QED) is 0.760. The lowest BCUT2D eigenvalue weighted by atomic mass is 10.2. The summed E-state index contributed by atoms with van der Waals surface area (Å²) >= 11 is 0. The fourth-order valence-electron chi connectivity index (χ4n) is 1.43. The molecular formula is C13H13N3O2. The third-order valence-corrected chi connectivity index (χ3v) is 2.41. The summed E-state index contributed by atoms with van der Waals surface area (Å²) in [5.41, 5.74) is 7.75. The number of pyridine rings is 1. The maximum Gasteiger partial charge on any atom is 0.274 e. The molecule has 0 saturated carbocycles. The first-order chi connectivity index (χ1) is 8.69. The normalized spacial score (nSPS) is 10.1. The van der Waals surface area contributed by atoms with Crippen LogP contribution in [0, 0.1) is 0 Å². The molecule has 0 aliphatic carbocycles. The minimum Gasteiger partial charge on any atom is -0.397 e. The summed E-state index contributed by atoms with van der Waals surface area (Å²) in [4.78, 5) is 15.7. The summed E-state index contributed by atoms with van der Waals surface area (Å²) in [6.07, 6.45) is 1.43. The molecule has 1 aromatic carbocycles. The summed E-state index contributed by atoms with van der Waals surface area (Å²) in [6.45, 7) is -0.0201. The second-order valence-electron chi connectivity index (χ2n) is 3.79. The number of nitrogens with one attached hydrogen (secondary N) is 1. The molecule has 2 rings (SSSR count). The molecule has 5 nitrogen and oxygen atoms in total. The number of rotatable bonds is 3. The number of aromatic nitrogens is 1. The van der Waals surface area contributed by atoms with Crippen molar-refractivity contribution in [3.05, 3.63) is 53.9 Å². The van der Waals surface area contributed by atoms with E-state index >= 15 is 0 Å². The van der Waals surface area contributed by atoms with Gasteiger partial charge in [-0.2, -0.15) is 0 Å². The first kappa shape index (κ1) is 12.1. The molecule has 1 aromatic heterocycles. The molecule has 0 saturated heterocycles. The van der Waals surface area contributed by atoms with Gasteiger partial charge < -0.3 is 16.2 Å². The van der Waals surface area contributed by atoms with E-state index in [0.717, 1.165) is 5.56 Å². The highest BCUT2D eigenvalue weighted by Gasteiger charge is 2.06. The summed E-state index contributed by atoms with van der Waals surface area (Å²) in [7, 11) is 0. The van der Waals surface area contributed by atoms with E-state index in [1.807, 2.05) is 0 Å². The molecule has 4 N–H and O–H groups in total. The van der Waals surface area contributed by atoms with Crippen molar-refractivity contribution in [3.8, 4) is 0 Å². The number of carbonyl (C=O) groups is 1. The van der Waals surface area contributed by atoms with Crippen LogP contribution < -0.4 is 11.1 Å². The Hall–Kier alpha value is -2.40. The molecular weight excluding hydrogens is 230 g/mol. The number of hydrogen-bond donors (Lipinski definition) is 3. The Morgan fingerprint density at radius 2 is 1.94 bits per heavy atom. The first-order valence-electron chi connectivity index (χ1n) is 5.42. The molecule has 0 aliphatic heterocycles. The average Bonchev–Trinajstić information content (AvgIpc) is 2.40. The van der Waals surface area contributed by atoms with Gasteiger partial charge >= 0.3 is 0 Å². The monoisotopic (exact) mass is 243 g/mol. The number of amides is 1. The Morgan fingerprint density at radius 3 is 2.50 bits per heavy atom. The van der Waals surface area contributed by atoms with Gasteiger partial charge in [-0.3, -0.25) is 4.79 Å². The Kier molecular flexibility index (Phi) is 3.54. The van der Waals surface area contributed by atoms with E-state index in [1.165, 1.54) is 6.20 Å². The SMILES string of the molecule is Nc1ccc(C(=O)Nc2ccc(CO)cc2)nc1. The van der Waals surface area contributed by atoms with E-state index in [-0.39, 0.29) is 12.5 Å². The number of aliphatic hydroxyl groups excluding tert-OH is 1. The van der Waals surface area contributed by atoms with Crippen LogP contribution in [-0.2, 0) is 6.61 Å². The molecule has 0 bridgehead atoms. The van der Waals surface area contributed by atoms with E-state index in [2.05, 4.69) is 10.3 Å². The Balaban J connectivity index is 2.08. The lowest BCUT2D eigenvalue weighted by molar-refractivity contribution is 0.102. The fraction of sp³-hybridized carbons (Fsp3) is 0.0769. The van der Waals surface area contributed by atoms with Gasteiger partial charge in [0, 0.05) is 5.69 Å². The molecule has 0 fully saturated rings. The minimum atomic E-state index is -0.299. The van der Waals surface area contributed by atoms with Crippen LogP contribution in [0.3, 0.4) is 0 Å². The summed E-state index contributed by atoms with van der Waals surface area (Å²) in [5, 5.41) is 11.6. The van der Waals surface area contributed by atoms with Crippen LogP contribution in [-0.4, -0.2) is 16.0 Å². The molecule has 2 aromatic rings. The molecule has 5 heteroatoms. The van der Waals surface area contributed by atoms with E-state index in [0.29, 0.717) is 17.1 Å². The third-order valence-electron chi connectivity index (χ3n) is 2.41. The van der Waals surface area contributed by atoms with Crippen molar-refractivity contribution in [2.24, 2.45) is 0 Å². The van der Waals surface area contributed by atoms with Crippen LogP contribution in [0.5, 0.6) is 0 Å². The van der Waals surface area contributed by atoms with Gasteiger partial charge in [0.05, 0.1) is 18.5 Å². The summed E-state index contributed by atoms with van der Waals surface area (Å²) < 4.78 is 0. The van der Waals surface area contributed by atoms with Crippen molar-refractivity contribution < 1.29 is 9.90 Å². The second kappa shape index (κ2) is 5.29. The van der Waals surface area contributed by atoms with Gasteiger partial charge in [-0.1, -0.05) is 12.1 Å². The highest BCUT2D eigenvalue weighted by molar-refractivity contribution is 6.02. The van der Waals surface area contributed by atoms with Crippen LogP contribution in [0.2, 0.25) is 0 Å². The summed E-state index contributed by atoms with van der Waals surface area (Å²) in [6, 6.07) is 10.1. The topological polar surface area (TPSA) is 88.2 Å². The van der Waals surface area contributed by atoms with Crippen LogP contribution in [0.25, 0.3) is 0 Å². The largest absolute Gasteiger partial charge is 0.397 e. The molecule has 1 amide bonds. The molecule has 0 atom stereocenters. The Bertz CT molecular complexity index is 535. The maximum absolute atomic E-state index is 11.8. The van der Waals surface area contributed by atoms with Crippen molar-refractivity contribution in [2.45, 2.75) is 6.61 Å². The van der Waals surface area contributed by atoms with Gasteiger partial charge in [-0.25, -0.2) is 4.98 Å². The molecule has 0 spiro atoms. The lowest BCUT2D eigenvalue weighted by Gasteiger charge is -2.05. The number of aliphatic hydroxyl groups is 1. The van der Waals surface area contributed by atoms with Crippen molar-refractivity contribution in [2.75, 3.05) is 11.1 Å². The van der Waals surface area contributed by atoms with E-state index in [9.17, 15) is 4.79 Å². The van der Waals surface area contributed by atoms with Crippen LogP contribution >= 0.6 is 0 Å². The molecule has 92 valence electrons. The number of benzene rings is 1.